The second-order valence-corrected chi connectivity index (χ2v) is 5.86. The van der Waals surface area contributed by atoms with Crippen LogP contribution in [0.25, 0.3) is 0 Å². The Hall–Kier alpha value is -0.190. The van der Waals surface area contributed by atoms with Gasteiger partial charge in [-0.15, -0.1) is 11.3 Å². The summed E-state index contributed by atoms with van der Waals surface area (Å²) >= 11 is 4.92. The molecule has 0 aliphatic heterocycles. The standard InChI is InChI=1S/C11H14BrNOS/c12-9-4-5-15-11(9)10(14)7-2-1-3-8(13)6-7/h4-5,7-8H,1-3,6,13H2. The molecule has 1 saturated carbocycles. The number of ketones is 1. The van der Waals surface area contributed by atoms with Crippen LogP contribution >= 0.6 is 27.3 Å². The van der Waals surface area contributed by atoms with E-state index in [1.54, 1.807) is 0 Å². The molecule has 2 rings (SSSR count). The fourth-order valence-electron chi connectivity index (χ4n) is 2.12. The Kier molecular flexibility index (Phi) is 3.59. The van der Waals surface area contributed by atoms with Gasteiger partial charge >= 0.3 is 0 Å². The van der Waals surface area contributed by atoms with Crippen LogP contribution in [0.3, 0.4) is 0 Å². The number of thiophene rings is 1. The van der Waals surface area contributed by atoms with E-state index in [1.807, 2.05) is 11.4 Å². The minimum absolute atomic E-state index is 0.142. The van der Waals surface area contributed by atoms with Gasteiger partial charge in [0.2, 0.25) is 0 Å². The summed E-state index contributed by atoms with van der Waals surface area (Å²) in [4.78, 5) is 13.0. The lowest BCUT2D eigenvalue weighted by molar-refractivity contribution is 0.0885. The number of hydrogen-bond donors (Lipinski definition) is 1. The van der Waals surface area contributed by atoms with E-state index in [9.17, 15) is 4.79 Å². The molecule has 0 aromatic carbocycles. The third-order valence-electron chi connectivity index (χ3n) is 2.93. The summed E-state index contributed by atoms with van der Waals surface area (Å²) in [6.07, 6.45) is 4.00. The zero-order valence-electron chi connectivity index (χ0n) is 8.41. The molecule has 2 nitrogen and oxygen atoms in total. The van der Waals surface area contributed by atoms with E-state index < -0.39 is 0 Å². The zero-order chi connectivity index (χ0) is 10.8. The molecular weight excluding hydrogens is 274 g/mol. The fraction of sp³-hybridized carbons (Fsp3) is 0.545. The molecule has 1 aliphatic rings. The predicted octanol–water partition coefficient (Wildman–Crippen LogP) is 3.21. The molecule has 15 heavy (non-hydrogen) atoms. The first-order valence-corrected chi connectivity index (χ1v) is 6.88. The number of hydrogen-bond acceptors (Lipinski definition) is 3. The van der Waals surface area contributed by atoms with Gasteiger partial charge in [0.25, 0.3) is 0 Å². The molecule has 2 atom stereocenters. The van der Waals surface area contributed by atoms with Crippen LogP contribution in [-0.2, 0) is 0 Å². The fourth-order valence-corrected chi connectivity index (χ4v) is 3.71. The molecule has 1 aliphatic carbocycles. The van der Waals surface area contributed by atoms with Crippen molar-refractivity contribution in [1.29, 1.82) is 0 Å². The first-order chi connectivity index (χ1) is 7.18. The maximum Gasteiger partial charge on any atom is 0.177 e. The molecule has 0 radical (unpaired) electrons. The molecule has 1 fully saturated rings. The highest BCUT2D eigenvalue weighted by Gasteiger charge is 2.27. The van der Waals surface area contributed by atoms with Gasteiger partial charge in [-0.3, -0.25) is 4.79 Å². The lowest BCUT2D eigenvalue weighted by atomic mass is 9.83. The maximum atomic E-state index is 12.2. The molecule has 0 saturated heterocycles. The normalized spacial score (nSPS) is 26.5. The number of carbonyl (C=O) groups excluding carboxylic acids is 1. The lowest BCUT2D eigenvalue weighted by Gasteiger charge is -2.25. The molecule has 0 amide bonds. The Morgan fingerprint density at radius 1 is 1.53 bits per heavy atom. The lowest BCUT2D eigenvalue weighted by Crippen LogP contribution is -2.31. The second kappa shape index (κ2) is 4.76. The minimum Gasteiger partial charge on any atom is -0.328 e. The van der Waals surface area contributed by atoms with Gasteiger partial charge in [-0.1, -0.05) is 6.42 Å². The van der Waals surface area contributed by atoms with E-state index in [0.717, 1.165) is 35.0 Å². The predicted molar refractivity (Wildman–Crippen MR) is 66.3 cm³/mol. The molecule has 4 heteroatoms. The van der Waals surface area contributed by atoms with Crippen LogP contribution < -0.4 is 5.73 Å². The largest absolute Gasteiger partial charge is 0.328 e. The number of halogens is 1. The maximum absolute atomic E-state index is 12.2. The second-order valence-electron chi connectivity index (χ2n) is 4.09. The number of rotatable bonds is 2. The minimum atomic E-state index is 0.142. The summed E-state index contributed by atoms with van der Waals surface area (Å²) in [5, 5.41) is 1.94. The highest BCUT2D eigenvalue weighted by atomic mass is 79.9. The van der Waals surface area contributed by atoms with Crippen molar-refractivity contribution in [1.82, 2.24) is 0 Å². The first kappa shape index (κ1) is 11.3. The van der Waals surface area contributed by atoms with Crippen molar-refractivity contribution in [2.45, 2.75) is 31.7 Å². The van der Waals surface area contributed by atoms with Crippen molar-refractivity contribution >= 4 is 33.0 Å². The average molecular weight is 288 g/mol. The van der Waals surface area contributed by atoms with Gasteiger partial charge in [-0.05, 0) is 46.6 Å². The Labute approximate surface area is 102 Å². The van der Waals surface area contributed by atoms with E-state index in [0.29, 0.717) is 0 Å². The van der Waals surface area contributed by atoms with Crippen molar-refractivity contribution < 1.29 is 4.79 Å². The van der Waals surface area contributed by atoms with Crippen molar-refractivity contribution in [3.8, 4) is 0 Å². The topological polar surface area (TPSA) is 43.1 Å². The van der Waals surface area contributed by atoms with Crippen LogP contribution in [0, 0.1) is 5.92 Å². The Bertz CT molecular complexity index is 363. The van der Waals surface area contributed by atoms with Crippen molar-refractivity contribution in [3.05, 3.63) is 20.8 Å². The molecule has 0 bridgehead atoms. The molecule has 2 N–H and O–H groups in total. The van der Waals surface area contributed by atoms with Crippen LogP contribution in [-0.4, -0.2) is 11.8 Å². The van der Waals surface area contributed by atoms with Gasteiger partial charge < -0.3 is 5.73 Å². The van der Waals surface area contributed by atoms with Crippen molar-refractivity contribution in [2.75, 3.05) is 0 Å². The first-order valence-electron chi connectivity index (χ1n) is 5.21. The molecule has 2 unspecified atom stereocenters. The zero-order valence-corrected chi connectivity index (χ0v) is 10.8. The Balaban J connectivity index is 2.11. The average Bonchev–Trinajstić information content (AvgIpc) is 2.63. The third kappa shape index (κ3) is 2.49. The summed E-state index contributed by atoms with van der Waals surface area (Å²) < 4.78 is 0.927. The molecule has 1 aromatic heterocycles. The quantitative estimate of drug-likeness (QED) is 0.849. The summed E-state index contributed by atoms with van der Waals surface area (Å²) in [5.41, 5.74) is 5.89. The van der Waals surface area contributed by atoms with Gasteiger partial charge in [0, 0.05) is 16.4 Å². The monoisotopic (exact) mass is 287 g/mol. The van der Waals surface area contributed by atoms with Crippen LogP contribution in [0.2, 0.25) is 0 Å². The van der Waals surface area contributed by atoms with Gasteiger partial charge in [0.15, 0.2) is 5.78 Å². The summed E-state index contributed by atoms with van der Waals surface area (Å²) in [6, 6.07) is 2.15. The van der Waals surface area contributed by atoms with Gasteiger partial charge in [0.05, 0.1) is 4.88 Å². The number of Topliss-reactive ketones (excluding diaryl/α,β-unsaturated/α-hetero) is 1. The van der Waals surface area contributed by atoms with E-state index in [4.69, 9.17) is 5.73 Å². The smallest absolute Gasteiger partial charge is 0.177 e. The molecule has 1 heterocycles. The Morgan fingerprint density at radius 3 is 2.93 bits per heavy atom. The molecule has 1 aromatic rings. The van der Waals surface area contributed by atoms with Gasteiger partial charge in [-0.2, -0.15) is 0 Å². The van der Waals surface area contributed by atoms with Gasteiger partial charge in [-0.25, -0.2) is 0 Å². The van der Waals surface area contributed by atoms with E-state index in [2.05, 4.69) is 15.9 Å². The molecule has 82 valence electrons. The van der Waals surface area contributed by atoms with Crippen LogP contribution in [0.4, 0.5) is 0 Å². The summed E-state index contributed by atoms with van der Waals surface area (Å²) in [7, 11) is 0. The SMILES string of the molecule is NC1CCCC(C(=O)c2sccc2Br)C1. The van der Waals surface area contributed by atoms with Crippen LogP contribution in [0.15, 0.2) is 15.9 Å². The van der Waals surface area contributed by atoms with Gasteiger partial charge in [0.1, 0.15) is 0 Å². The Morgan fingerprint density at radius 2 is 2.33 bits per heavy atom. The highest BCUT2D eigenvalue weighted by molar-refractivity contribution is 9.10. The summed E-state index contributed by atoms with van der Waals surface area (Å²) in [5.74, 6) is 0.413. The summed E-state index contributed by atoms with van der Waals surface area (Å²) in [6.45, 7) is 0. The molecule has 0 spiro atoms. The third-order valence-corrected chi connectivity index (χ3v) is 4.78. The van der Waals surface area contributed by atoms with E-state index in [-0.39, 0.29) is 17.7 Å². The highest BCUT2D eigenvalue weighted by Crippen LogP contribution is 2.31. The van der Waals surface area contributed by atoms with Crippen LogP contribution in [0.1, 0.15) is 35.4 Å². The number of carbonyl (C=O) groups is 1. The van der Waals surface area contributed by atoms with Crippen LogP contribution in [0.5, 0.6) is 0 Å². The van der Waals surface area contributed by atoms with Crippen molar-refractivity contribution in [2.24, 2.45) is 11.7 Å². The van der Waals surface area contributed by atoms with E-state index >= 15 is 0 Å². The number of nitrogens with two attached hydrogens (primary N) is 1. The van der Waals surface area contributed by atoms with E-state index in [1.165, 1.54) is 11.3 Å². The van der Waals surface area contributed by atoms with Crippen molar-refractivity contribution in [3.63, 3.8) is 0 Å². The molecular formula is C11H14BrNOS.